The molecular weight excluding hydrogens is 405 g/mol. The monoisotopic (exact) mass is 427 g/mol. The second-order valence-electron chi connectivity index (χ2n) is 6.71. The van der Waals surface area contributed by atoms with Crippen LogP contribution in [0.3, 0.4) is 0 Å². The summed E-state index contributed by atoms with van der Waals surface area (Å²) in [5, 5.41) is 17.4. The molecule has 162 valence electrons. The molecule has 0 bridgehead atoms. The minimum absolute atomic E-state index is 0.105. The summed E-state index contributed by atoms with van der Waals surface area (Å²) >= 11 is 0. The molecule has 0 radical (unpaired) electrons. The van der Waals surface area contributed by atoms with Crippen LogP contribution in [0.2, 0.25) is 0 Å². The van der Waals surface area contributed by atoms with Gasteiger partial charge in [0.05, 0.1) is 33.3 Å². The molecule has 9 nitrogen and oxygen atoms in total. The molecule has 4 aromatic rings. The highest BCUT2D eigenvalue weighted by Gasteiger charge is 2.18. The Balaban J connectivity index is 1.81. The molecule has 0 atom stereocenters. The summed E-state index contributed by atoms with van der Waals surface area (Å²) in [6, 6.07) is 8.13. The molecule has 2 aromatic carbocycles. The number of methoxy groups -OCH3 is 3. The van der Waals surface area contributed by atoms with Crippen molar-refractivity contribution in [2.24, 2.45) is 0 Å². The molecule has 2 aromatic heterocycles. The smallest absolute Gasteiger partial charge is 0.226 e. The molecular formula is C21H22FN5O4. The molecule has 0 aliphatic carbocycles. The maximum Gasteiger partial charge on any atom is 0.226 e. The van der Waals surface area contributed by atoms with Crippen molar-refractivity contribution in [2.45, 2.75) is 13.0 Å². The van der Waals surface area contributed by atoms with Gasteiger partial charge in [0.15, 0.2) is 11.5 Å². The van der Waals surface area contributed by atoms with E-state index in [0.29, 0.717) is 46.4 Å². The van der Waals surface area contributed by atoms with Gasteiger partial charge in [0.25, 0.3) is 0 Å². The number of anilines is 1. The Morgan fingerprint density at radius 1 is 1.03 bits per heavy atom. The number of aliphatic hydroxyl groups excluding tert-OH is 1. The lowest BCUT2D eigenvalue weighted by molar-refractivity contribution is 0.296. The Labute approximate surface area is 177 Å². The van der Waals surface area contributed by atoms with Crippen LogP contribution in [0.15, 0.2) is 30.3 Å². The standard InChI is InChI=1S/C21H22FN5O4/c1-29-14-5-4-12(16(10-14)30-2)11-23-21-25-19-15(8-13(22)9-17(19)31-3)20-24-18(6-7-28)26-27(20)21/h4-5,8-10,28H,6-7,11H2,1-3H3,(H,23,25). The van der Waals surface area contributed by atoms with Crippen LogP contribution in [0.25, 0.3) is 16.6 Å². The number of benzene rings is 2. The lowest BCUT2D eigenvalue weighted by Crippen LogP contribution is -2.09. The van der Waals surface area contributed by atoms with Crippen LogP contribution in [0.4, 0.5) is 10.3 Å². The Morgan fingerprint density at radius 2 is 1.84 bits per heavy atom. The third-order valence-electron chi connectivity index (χ3n) is 4.84. The molecule has 0 fully saturated rings. The lowest BCUT2D eigenvalue weighted by atomic mass is 10.2. The van der Waals surface area contributed by atoms with E-state index in [1.807, 2.05) is 12.1 Å². The zero-order chi connectivity index (χ0) is 22.0. The van der Waals surface area contributed by atoms with Crippen molar-refractivity contribution >= 4 is 22.5 Å². The van der Waals surface area contributed by atoms with Crippen molar-refractivity contribution in [3.05, 3.63) is 47.5 Å². The summed E-state index contributed by atoms with van der Waals surface area (Å²) in [5.41, 5.74) is 1.74. The molecule has 0 unspecified atom stereocenters. The van der Waals surface area contributed by atoms with Gasteiger partial charge in [-0.1, -0.05) is 0 Å². The van der Waals surface area contributed by atoms with Gasteiger partial charge in [0.2, 0.25) is 5.95 Å². The van der Waals surface area contributed by atoms with Crippen molar-refractivity contribution in [1.29, 1.82) is 0 Å². The predicted molar refractivity (Wildman–Crippen MR) is 112 cm³/mol. The fourth-order valence-electron chi connectivity index (χ4n) is 3.34. The highest BCUT2D eigenvalue weighted by atomic mass is 19.1. The van der Waals surface area contributed by atoms with Gasteiger partial charge < -0.3 is 24.6 Å². The van der Waals surface area contributed by atoms with E-state index in [9.17, 15) is 9.50 Å². The fourth-order valence-corrected chi connectivity index (χ4v) is 3.34. The van der Waals surface area contributed by atoms with Crippen molar-refractivity contribution in [3.8, 4) is 17.2 Å². The second kappa shape index (κ2) is 8.60. The van der Waals surface area contributed by atoms with Crippen molar-refractivity contribution in [3.63, 3.8) is 0 Å². The Bertz CT molecular complexity index is 1240. The van der Waals surface area contributed by atoms with Gasteiger partial charge in [-0.05, 0) is 18.2 Å². The lowest BCUT2D eigenvalue weighted by Gasteiger charge is -2.13. The van der Waals surface area contributed by atoms with E-state index in [1.54, 1.807) is 20.3 Å². The summed E-state index contributed by atoms with van der Waals surface area (Å²) < 4.78 is 31.7. The van der Waals surface area contributed by atoms with Gasteiger partial charge in [-0.25, -0.2) is 14.4 Å². The molecule has 10 heteroatoms. The maximum atomic E-state index is 14.1. The fraction of sp³-hybridized carbons (Fsp3) is 0.286. The number of aromatic nitrogens is 4. The second-order valence-corrected chi connectivity index (χ2v) is 6.71. The molecule has 2 heterocycles. The molecule has 4 rings (SSSR count). The summed E-state index contributed by atoms with van der Waals surface area (Å²) in [5.74, 6) is 1.97. The number of rotatable bonds is 8. The Hall–Kier alpha value is -3.66. The average Bonchev–Trinajstić information content (AvgIpc) is 3.21. The minimum atomic E-state index is -0.469. The van der Waals surface area contributed by atoms with E-state index in [-0.39, 0.29) is 18.8 Å². The molecule has 2 N–H and O–H groups in total. The summed E-state index contributed by atoms with van der Waals surface area (Å²) in [4.78, 5) is 9.09. The number of nitrogens with one attached hydrogen (secondary N) is 1. The number of nitrogens with zero attached hydrogens (tertiary/aromatic N) is 4. The largest absolute Gasteiger partial charge is 0.497 e. The van der Waals surface area contributed by atoms with Gasteiger partial charge in [0.1, 0.15) is 28.6 Å². The van der Waals surface area contributed by atoms with Crippen molar-refractivity contribution in [1.82, 2.24) is 19.6 Å². The van der Waals surface area contributed by atoms with Crippen LogP contribution in [0.1, 0.15) is 11.4 Å². The van der Waals surface area contributed by atoms with Crippen LogP contribution in [-0.2, 0) is 13.0 Å². The van der Waals surface area contributed by atoms with Crippen LogP contribution >= 0.6 is 0 Å². The van der Waals surface area contributed by atoms with E-state index in [2.05, 4.69) is 20.4 Å². The first-order valence-corrected chi connectivity index (χ1v) is 9.56. The normalized spacial score (nSPS) is 11.1. The first-order chi connectivity index (χ1) is 15.1. The number of ether oxygens (including phenoxy) is 3. The van der Waals surface area contributed by atoms with E-state index >= 15 is 0 Å². The Morgan fingerprint density at radius 3 is 2.55 bits per heavy atom. The predicted octanol–water partition coefficient (Wildman–Crippen LogP) is 2.59. The van der Waals surface area contributed by atoms with E-state index in [1.165, 1.54) is 23.8 Å². The summed E-state index contributed by atoms with van der Waals surface area (Å²) in [7, 11) is 4.63. The highest BCUT2D eigenvalue weighted by Crippen LogP contribution is 2.30. The zero-order valence-electron chi connectivity index (χ0n) is 17.3. The minimum Gasteiger partial charge on any atom is -0.497 e. The molecule has 0 aliphatic heterocycles. The molecule has 0 spiro atoms. The van der Waals surface area contributed by atoms with Gasteiger partial charge in [-0.15, -0.1) is 5.10 Å². The Kier molecular flexibility index (Phi) is 5.72. The van der Waals surface area contributed by atoms with E-state index in [4.69, 9.17) is 14.2 Å². The van der Waals surface area contributed by atoms with E-state index in [0.717, 1.165) is 5.56 Å². The zero-order valence-corrected chi connectivity index (χ0v) is 17.3. The average molecular weight is 427 g/mol. The van der Waals surface area contributed by atoms with Gasteiger partial charge in [0, 0.05) is 30.7 Å². The van der Waals surface area contributed by atoms with Crippen LogP contribution < -0.4 is 19.5 Å². The van der Waals surface area contributed by atoms with Gasteiger partial charge in [-0.2, -0.15) is 4.52 Å². The highest BCUT2D eigenvalue weighted by molar-refractivity contribution is 5.96. The number of hydrogen-bond acceptors (Lipinski definition) is 8. The maximum absolute atomic E-state index is 14.1. The van der Waals surface area contributed by atoms with Gasteiger partial charge >= 0.3 is 0 Å². The SMILES string of the molecule is COc1ccc(CNc2nc3c(OC)cc(F)cc3c3nc(CCO)nn23)c(OC)c1. The molecule has 0 aliphatic rings. The van der Waals surface area contributed by atoms with Gasteiger partial charge in [-0.3, -0.25) is 0 Å². The molecule has 0 saturated heterocycles. The van der Waals surface area contributed by atoms with Crippen LogP contribution in [0, 0.1) is 5.82 Å². The van der Waals surface area contributed by atoms with Crippen molar-refractivity contribution < 1.29 is 23.7 Å². The quantitative estimate of drug-likeness (QED) is 0.442. The molecule has 0 saturated carbocycles. The number of halogens is 1. The third kappa shape index (κ3) is 3.89. The topological polar surface area (TPSA) is 103 Å². The number of aliphatic hydroxyl groups is 1. The number of fused-ring (bicyclic) bond motifs is 3. The first-order valence-electron chi connectivity index (χ1n) is 9.56. The van der Waals surface area contributed by atoms with E-state index < -0.39 is 5.82 Å². The van der Waals surface area contributed by atoms with Crippen LogP contribution in [0.5, 0.6) is 17.2 Å². The first kappa shape index (κ1) is 20.6. The summed E-state index contributed by atoms with van der Waals surface area (Å²) in [6.45, 7) is 0.269. The molecule has 0 amide bonds. The van der Waals surface area contributed by atoms with Crippen molar-refractivity contribution in [2.75, 3.05) is 33.3 Å². The summed E-state index contributed by atoms with van der Waals surface area (Å²) in [6.07, 6.45) is 0.265. The third-order valence-corrected chi connectivity index (χ3v) is 4.84. The number of hydrogen-bond donors (Lipinski definition) is 2. The molecule has 31 heavy (non-hydrogen) atoms. The van der Waals surface area contributed by atoms with Crippen LogP contribution in [-0.4, -0.2) is 52.6 Å².